The Hall–Kier alpha value is -2.85. The minimum atomic E-state index is -4.47. The fourth-order valence-corrected chi connectivity index (χ4v) is 2.27. The van der Waals surface area contributed by atoms with Gasteiger partial charge in [0.05, 0.1) is 6.42 Å². The zero-order valence-electron chi connectivity index (χ0n) is 14.8. The van der Waals surface area contributed by atoms with Crippen molar-refractivity contribution in [2.45, 2.75) is 32.2 Å². The minimum Gasteiger partial charge on any atom is -0.364 e. The summed E-state index contributed by atoms with van der Waals surface area (Å²) < 4.78 is 50.1. The molecule has 2 heterocycles. The van der Waals surface area contributed by atoms with Gasteiger partial charge in [-0.2, -0.15) is 18.3 Å². The van der Waals surface area contributed by atoms with E-state index in [1.165, 1.54) is 12.3 Å². The summed E-state index contributed by atoms with van der Waals surface area (Å²) in [6, 6.07) is 1.60. The van der Waals surface area contributed by atoms with E-state index in [0.717, 1.165) is 6.08 Å². The van der Waals surface area contributed by atoms with Crippen LogP contribution in [0.15, 0.2) is 48.5 Å². The Kier molecular flexibility index (Phi) is 6.81. The molecule has 2 rings (SSSR count). The lowest BCUT2D eigenvalue weighted by atomic mass is 10.1. The summed E-state index contributed by atoms with van der Waals surface area (Å²) in [5.74, 6) is -0.770. The Morgan fingerprint density at radius 1 is 1.36 bits per heavy atom. The lowest BCUT2D eigenvalue weighted by Crippen LogP contribution is -2.04. The molecule has 6 nitrogen and oxygen atoms in total. The van der Waals surface area contributed by atoms with Gasteiger partial charge in [-0.05, 0) is 30.7 Å². The van der Waals surface area contributed by atoms with Gasteiger partial charge in [0.2, 0.25) is 0 Å². The number of halogens is 4. The van der Waals surface area contributed by atoms with Gasteiger partial charge >= 0.3 is 6.18 Å². The van der Waals surface area contributed by atoms with E-state index >= 15 is 0 Å². The van der Waals surface area contributed by atoms with Crippen LogP contribution in [0.5, 0.6) is 0 Å². The minimum absolute atomic E-state index is 0.149. The smallest absolute Gasteiger partial charge is 0.364 e. The van der Waals surface area contributed by atoms with Crippen LogP contribution in [0.2, 0.25) is 0 Å². The van der Waals surface area contributed by atoms with Gasteiger partial charge in [-0.1, -0.05) is 12.7 Å². The highest BCUT2D eigenvalue weighted by molar-refractivity contribution is 5.50. The van der Waals surface area contributed by atoms with Gasteiger partial charge in [-0.25, -0.2) is 14.4 Å². The Balaban J connectivity index is 2.16. The van der Waals surface area contributed by atoms with E-state index in [-0.39, 0.29) is 17.8 Å². The lowest BCUT2D eigenvalue weighted by Gasteiger charge is -2.06. The van der Waals surface area contributed by atoms with Crippen molar-refractivity contribution >= 4 is 0 Å². The maximum Gasteiger partial charge on any atom is 0.392 e. The van der Waals surface area contributed by atoms with Crippen molar-refractivity contribution < 1.29 is 27.8 Å². The van der Waals surface area contributed by atoms with Gasteiger partial charge in [-0.15, -0.1) is 0 Å². The summed E-state index contributed by atoms with van der Waals surface area (Å²) in [4.78, 5) is 8.16. The molecule has 0 aliphatic carbocycles. The maximum atomic E-state index is 13.6. The highest BCUT2D eigenvalue weighted by atomic mass is 19.4. The fraction of sp³-hybridized carbons (Fsp3) is 0.278. The van der Waals surface area contributed by atoms with Crippen molar-refractivity contribution in [2.24, 2.45) is 0 Å². The molecule has 150 valence electrons. The van der Waals surface area contributed by atoms with Crippen LogP contribution in [0.1, 0.15) is 29.7 Å². The number of H-pyrrole nitrogens is 1. The standard InChI is InChI=1S/C18H18F4N4O2/c1-3-11(6-12(19)4-5-18(20,21)22)7-13-8-15(26-25-13)16-23-9-14(17(27)28)10(2)24-16/h3-4,6,8-9,17,27-28H,1,5,7H2,2H3,(H,25,26)/b11-6+,12-4+. The predicted octanol–water partition coefficient (Wildman–Crippen LogP) is 3.62. The summed E-state index contributed by atoms with van der Waals surface area (Å²) in [5, 5.41) is 25.1. The summed E-state index contributed by atoms with van der Waals surface area (Å²) in [6.45, 7) is 5.12. The number of nitrogens with zero attached hydrogens (tertiary/aromatic N) is 3. The Bertz CT molecular complexity index is 901. The molecule has 0 aliphatic rings. The van der Waals surface area contributed by atoms with Gasteiger partial charge in [0, 0.05) is 29.6 Å². The second kappa shape index (κ2) is 8.89. The first-order chi connectivity index (χ1) is 13.1. The molecule has 0 unspecified atom stereocenters. The molecule has 0 atom stereocenters. The topological polar surface area (TPSA) is 94.9 Å². The van der Waals surface area contributed by atoms with Crippen LogP contribution in [0, 0.1) is 6.92 Å². The summed E-state index contributed by atoms with van der Waals surface area (Å²) in [7, 11) is 0. The fourth-order valence-electron chi connectivity index (χ4n) is 2.27. The molecule has 28 heavy (non-hydrogen) atoms. The second-order valence-electron chi connectivity index (χ2n) is 5.89. The average Bonchev–Trinajstić information content (AvgIpc) is 3.07. The molecule has 2 aromatic heterocycles. The zero-order chi connectivity index (χ0) is 20.9. The molecule has 3 N–H and O–H groups in total. The third kappa shape index (κ3) is 6.10. The zero-order valence-corrected chi connectivity index (χ0v) is 14.8. The van der Waals surface area contributed by atoms with E-state index in [4.69, 9.17) is 0 Å². The van der Waals surface area contributed by atoms with Gasteiger partial charge < -0.3 is 10.2 Å². The molecule has 0 aromatic carbocycles. The summed E-state index contributed by atoms with van der Waals surface area (Å²) >= 11 is 0. The molecule has 0 radical (unpaired) electrons. The summed E-state index contributed by atoms with van der Waals surface area (Å²) in [6.07, 6.45) is -3.35. The second-order valence-corrected chi connectivity index (χ2v) is 5.89. The highest BCUT2D eigenvalue weighted by Gasteiger charge is 2.25. The van der Waals surface area contributed by atoms with E-state index in [1.54, 1.807) is 13.0 Å². The number of aliphatic hydroxyl groups excluding tert-OH is 1. The normalized spacial score (nSPS) is 13.3. The first-order valence-corrected chi connectivity index (χ1v) is 8.09. The molecular formula is C18H18F4N4O2. The van der Waals surface area contributed by atoms with Crippen molar-refractivity contribution in [3.8, 4) is 11.5 Å². The van der Waals surface area contributed by atoms with Crippen LogP contribution in [0.4, 0.5) is 17.6 Å². The van der Waals surface area contributed by atoms with E-state index < -0.39 is 24.7 Å². The van der Waals surface area contributed by atoms with Crippen molar-refractivity contribution in [3.05, 3.63) is 65.4 Å². The van der Waals surface area contributed by atoms with E-state index in [9.17, 15) is 27.8 Å². The van der Waals surface area contributed by atoms with Crippen LogP contribution in [0.25, 0.3) is 11.5 Å². The predicted molar refractivity (Wildman–Crippen MR) is 93.4 cm³/mol. The van der Waals surface area contributed by atoms with E-state index in [0.29, 0.717) is 28.7 Å². The molecule has 0 saturated carbocycles. The van der Waals surface area contributed by atoms with Crippen LogP contribution in [0.3, 0.4) is 0 Å². The molecule has 2 aromatic rings. The quantitative estimate of drug-likeness (QED) is 0.376. The number of allylic oxidation sites excluding steroid dienone is 5. The van der Waals surface area contributed by atoms with E-state index in [1.807, 2.05) is 0 Å². The molecule has 0 spiro atoms. The average molecular weight is 398 g/mol. The lowest BCUT2D eigenvalue weighted by molar-refractivity contribution is -0.125. The number of nitrogens with one attached hydrogen (secondary N) is 1. The summed E-state index contributed by atoms with van der Waals surface area (Å²) in [5.41, 5.74) is 1.79. The third-order valence-corrected chi connectivity index (χ3v) is 3.66. The van der Waals surface area contributed by atoms with Crippen molar-refractivity contribution in [2.75, 3.05) is 0 Å². The Labute approximate surface area is 158 Å². The first kappa shape index (κ1) is 21.5. The molecule has 0 aliphatic heterocycles. The molecule has 10 heteroatoms. The maximum absolute atomic E-state index is 13.6. The van der Waals surface area contributed by atoms with Crippen molar-refractivity contribution in [1.29, 1.82) is 0 Å². The first-order valence-electron chi connectivity index (χ1n) is 8.09. The largest absolute Gasteiger partial charge is 0.392 e. The monoisotopic (exact) mass is 398 g/mol. The van der Waals surface area contributed by atoms with Crippen molar-refractivity contribution in [3.63, 3.8) is 0 Å². The van der Waals surface area contributed by atoms with Gasteiger partial charge in [0.25, 0.3) is 0 Å². The van der Waals surface area contributed by atoms with Crippen LogP contribution in [-0.2, 0) is 6.42 Å². The number of hydrogen-bond acceptors (Lipinski definition) is 5. The van der Waals surface area contributed by atoms with Gasteiger partial charge in [0.1, 0.15) is 11.5 Å². The molecule has 0 fully saturated rings. The third-order valence-electron chi connectivity index (χ3n) is 3.66. The Morgan fingerprint density at radius 3 is 2.64 bits per heavy atom. The van der Waals surface area contributed by atoms with Crippen LogP contribution >= 0.6 is 0 Å². The van der Waals surface area contributed by atoms with Crippen molar-refractivity contribution in [1.82, 2.24) is 20.2 Å². The van der Waals surface area contributed by atoms with Crippen LogP contribution < -0.4 is 0 Å². The number of aromatic amines is 1. The number of hydrogen-bond donors (Lipinski definition) is 3. The Morgan fingerprint density at radius 2 is 2.07 bits per heavy atom. The van der Waals surface area contributed by atoms with Crippen LogP contribution in [-0.4, -0.2) is 36.6 Å². The molecule has 0 saturated heterocycles. The SMILES string of the molecule is C=C/C(=C\C(F)=C/CC(F)(F)F)Cc1cc(-c2ncc(C(O)O)c(C)n2)n[nH]1. The number of alkyl halides is 3. The molecule has 0 amide bonds. The number of rotatable bonds is 7. The van der Waals surface area contributed by atoms with Gasteiger partial charge in [0.15, 0.2) is 12.1 Å². The number of aryl methyl sites for hydroxylation is 1. The molecule has 0 bridgehead atoms. The number of aromatic nitrogens is 4. The van der Waals surface area contributed by atoms with Gasteiger partial charge in [-0.3, -0.25) is 5.10 Å². The highest BCUT2D eigenvalue weighted by Crippen LogP contribution is 2.23. The van der Waals surface area contributed by atoms with E-state index in [2.05, 4.69) is 26.7 Å². The number of aliphatic hydroxyl groups is 2. The molecular weight excluding hydrogens is 380 g/mol.